The first-order valence-electron chi connectivity index (χ1n) is 13.3. The van der Waals surface area contributed by atoms with Gasteiger partial charge in [-0.1, -0.05) is 36.8 Å². The predicted octanol–water partition coefficient (Wildman–Crippen LogP) is 3.63. The lowest BCUT2D eigenvalue weighted by Crippen LogP contribution is -2.52. The van der Waals surface area contributed by atoms with Crippen molar-refractivity contribution in [1.82, 2.24) is 15.1 Å². The van der Waals surface area contributed by atoms with Gasteiger partial charge in [-0.05, 0) is 73.9 Å². The van der Waals surface area contributed by atoms with Gasteiger partial charge >= 0.3 is 0 Å². The Morgan fingerprint density at radius 2 is 1.75 bits per heavy atom. The molecule has 4 atom stereocenters. The number of nitrogens with zero attached hydrogens (tertiary/aromatic N) is 2. The fourth-order valence-corrected chi connectivity index (χ4v) is 6.52. The number of carbonyl (C=O) groups is 3. The smallest absolute Gasteiger partial charge is 0.255 e. The second kappa shape index (κ2) is 9.69. The summed E-state index contributed by atoms with van der Waals surface area (Å²) in [6.45, 7) is 2.55. The standard InChI is InChI=1S/C29H33N3O4/c33-27-13-12-25(28(34)30-27)32-18-21-16-22(10-11-23(21)29(32)35)36-26-9-5-4-8-24(26)31-15-14-20(17-31)19-6-2-1-3-7-19/h1-3,6-7,10-11,16,20,24-26H,4-5,8-9,12-15,17-18H2,(H,30,33,34)/t20-,24-,25?,26-/m0/s1. The number of amides is 3. The number of hydrogen-bond acceptors (Lipinski definition) is 5. The molecule has 3 amide bonds. The van der Waals surface area contributed by atoms with Crippen LogP contribution in [0.2, 0.25) is 0 Å². The van der Waals surface area contributed by atoms with Crippen LogP contribution in [0.1, 0.15) is 72.3 Å². The van der Waals surface area contributed by atoms with Crippen LogP contribution in [0.25, 0.3) is 0 Å². The molecular weight excluding hydrogens is 454 g/mol. The number of fused-ring (bicyclic) bond motifs is 1. The van der Waals surface area contributed by atoms with Crippen molar-refractivity contribution in [3.8, 4) is 5.75 Å². The topological polar surface area (TPSA) is 79.0 Å². The number of likely N-dealkylation sites (tertiary alicyclic amines) is 1. The van der Waals surface area contributed by atoms with Crippen LogP contribution in [0.15, 0.2) is 48.5 Å². The van der Waals surface area contributed by atoms with Crippen molar-refractivity contribution in [2.45, 2.75) is 75.6 Å². The van der Waals surface area contributed by atoms with Gasteiger partial charge in [-0.3, -0.25) is 24.6 Å². The lowest BCUT2D eigenvalue weighted by atomic mass is 9.91. The third kappa shape index (κ3) is 4.41. The molecule has 6 rings (SSSR count). The van der Waals surface area contributed by atoms with Crippen LogP contribution in [-0.4, -0.2) is 58.8 Å². The third-order valence-corrected chi connectivity index (χ3v) is 8.41. The van der Waals surface area contributed by atoms with Gasteiger partial charge in [0.15, 0.2) is 0 Å². The largest absolute Gasteiger partial charge is 0.489 e. The molecule has 4 aliphatic rings. The lowest BCUT2D eigenvalue weighted by Gasteiger charge is -2.38. The number of imide groups is 1. The van der Waals surface area contributed by atoms with Gasteiger partial charge in [0.25, 0.3) is 5.91 Å². The molecule has 1 saturated carbocycles. The van der Waals surface area contributed by atoms with E-state index in [1.807, 2.05) is 18.2 Å². The minimum absolute atomic E-state index is 0.134. The highest BCUT2D eigenvalue weighted by molar-refractivity contribution is 6.05. The van der Waals surface area contributed by atoms with Gasteiger partial charge in [0.2, 0.25) is 11.8 Å². The zero-order chi connectivity index (χ0) is 24.6. The van der Waals surface area contributed by atoms with E-state index in [0.29, 0.717) is 30.5 Å². The van der Waals surface area contributed by atoms with E-state index in [4.69, 9.17) is 4.74 Å². The second-order valence-corrected chi connectivity index (χ2v) is 10.6. The van der Waals surface area contributed by atoms with E-state index in [0.717, 1.165) is 37.2 Å². The van der Waals surface area contributed by atoms with Crippen LogP contribution < -0.4 is 10.1 Å². The number of carbonyl (C=O) groups excluding carboxylic acids is 3. The van der Waals surface area contributed by atoms with Crippen LogP contribution in [0.5, 0.6) is 5.75 Å². The normalized spacial score (nSPS) is 28.8. The van der Waals surface area contributed by atoms with Crippen LogP contribution in [0.4, 0.5) is 0 Å². The Balaban J connectivity index is 1.14. The SMILES string of the molecule is O=C1CCC(N2Cc3cc(O[C@H]4CCCC[C@@H]4N4CC[C@H](c5ccccc5)C4)ccc3C2=O)C(=O)N1. The van der Waals surface area contributed by atoms with Gasteiger partial charge in [-0.15, -0.1) is 0 Å². The molecule has 0 radical (unpaired) electrons. The summed E-state index contributed by atoms with van der Waals surface area (Å²) in [7, 11) is 0. The Morgan fingerprint density at radius 1 is 0.917 bits per heavy atom. The van der Waals surface area contributed by atoms with E-state index in [-0.39, 0.29) is 30.2 Å². The molecule has 36 heavy (non-hydrogen) atoms. The summed E-state index contributed by atoms with van der Waals surface area (Å²) in [5.41, 5.74) is 2.94. The molecule has 2 aromatic carbocycles. The first-order chi connectivity index (χ1) is 17.6. The molecule has 2 saturated heterocycles. The number of benzene rings is 2. The molecule has 1 unspecified atom stereocenters. The van der Waals surface area contributed by atoms with Crippen molar-refractivity contribution in [2.24, 2.45) is 0 Å². The minimum atomic E-state index is -0.595. The van der Waals surface area contributed by atoms with Crippen LogP contribution >= 0.6 is 0 Å². The number of nitrogens with one attached hydrogen (secondary N) is 1. The minimum Gasteiger partial charge on any atom is -0.489 e. The van der Waals surface area contributed by atoms with Crippen LogP contribution in [-0.2, 0) is 16.1 Å². The number of hydrogen-bond donors (Lipinski definition) is 1. The fourth-order valence-electron chi connectivity index (χ4n) is 6.52. The van der Waals surface area contributed by atoms with Crippen molar-refractivity contribution in [3.63, 3.8) is 0 Å². The highest BCUT2D eigenvalue weighted by Crippen LogP contribution is 2.36. The zero-order valence-corrected chi connectivity index (χ0v) is 20.5. The van der Waals surface area contributed by atoms with E-state index in [1.54, 1.807) is 4.90 Å². The van der Waals surface area contributed by atoms with Crippen molar-refractivity contribution in [3.05, 3.63) is 65.2 Å². The summed E-state index contributed by atoms with van der Waals surface area (Å²) in [5.74, 6) is 0.575. The summed E-state index contributed by atoms with van der Waals surface area (Å²) in [6, 6.07) is 16.3. The predicted molar refractivity (Wildman–Crippen MR) is 135 cm³/mol. The van der Waals surface area contributed by atoms with Gasteiger partial charge in [0.05, 0.1) is 0 Å². The average molecular weight is 488 g/mol. The first-order valence-corrected chi connectivity index (χ1v) is 13.3. The average Bonchev–Trinajstić information content (AvgIpc) is 3.50. The maximum Gasteiger partial charge on any atom is 0.255 e. The summed E-state index contributed by atoms with van der Waals surface area (Å²) in [5, 5.41) is 2.36. The molecule has 0 spiro atoms. The van der Waals surface area contributed by atoms with Gasteiger partial charge in [-0.25, -0.2) is 0 Å². The Labute approximate surface area is 211 Å². The summed E-state index contributed by atoms with van der Waals surface area (Å²) in [4.78, 5) is 41.1. The molecule has 3 aliphatic heterocycles. The van der Waals surface area contributed by atoms with E-state index >= 15 is 0 Å². The first kappa shape index (κ1) is 23.2. The van der Waals surface area contributed by atoms with Crippen LogP contribution in [0, 0.1) is 0 Å². The van der Waals surface area contributed by atoms with Crippen molar-refractivity contribution < 1.29 is 19.1 Å². The van der Waals surface area contributed by atoms with E-state index < -0.39 is 6.04 Å². The molecule has 0 bridgehead atoms. The Morgan fingerprint density at radius 3 is 2.58 bits per heavy atom. The maximum atomic E-state index is 13.0. The number of rotatable bonds is 5. The van der Waals surface area contributed by atoms with E-state index in [2.05, 4.69) is 40.5 Å². The molecule has 7 heteroatoms. The van der Waals surface area contributed by atoms with Gasteiger partial charge in [0, 0.05) is 31.1 Å². The molecule has 188 valence electrons. The van der Waals surface area contributed by atoms with Gasteiger partial charge < -0.3 is 9.64 Å². The second-order valence-electron chi connectivity index (χ2n) is 10.6. The van der Waals surface area contributed by atoms with E-state index in [1.165, 1.54) is 24.8 Å². The van der Waals surface area contributed by atoms with Gasteiger partial charge in [-0.2, -0.15) is 0 Å². The molecule has 0 aromatic heterocycles. The Kier molecular flexibility index (Phi) is 6.25. The van der Waals surface area contributed by atoms with Crippen LogP contribution in [0.3, 0.4) is 0 Å². The summed E-state index contributed by atoms with van der Waals surface area (Å²) in [6.07, 6.45) is 6.54. The molecule has 1 N–H and O–H groups in total. The molecule has 3 heterocycles. The Hall–Kier alpha value is -3.19. The Bertz CT molecular complexity index is 1170. The molecule has 2 aromatic rings. The highest BCUT2D eigenvalue weighted by atomic mass is 16.5. The fraction of sp³-hybridized carbons (Fsp3) is 0.483. The highest BCUT2D eigenvalue weighted by Gasteiger charge is 2.40. The number of ether oxygens (including phenoxy) is 1. The summed E-state index contributed by atoms with van der Waals surface area (Å²) < 4.78 is 6.60. The van der Waals surface area contributed by atoms with Gasteiger partial charge in [0.1, 0.15) is 17.9 Å². The number of piperidine rings is 1. The molecule has 3 fully saturated rings. The van der Waals surface area contributed by atoms with Crippen molar-refractivity contribution in [1.29, 1.82) is 0 Å². The summed E-state index contributed by atoms with van der Waals surface area (Å²) >= 11 is 0. The van der Waals surface area contributed by atoms with Crippen molar-refractivity contribution >= 4 is 17.7 Å². The monoisotopic (exact) mass is 487 g/mol. The van der Waals surface area contributed by atoms with Crippen molar-refractivity contribution in [2.75, 3.05) is 13.1 Å². The quantitative estimate of drug-likeness (QED) is 0.652. The lowest BCUT2D eigenvalue weighted by molar-refractivity contribution is -0.136. The molecule has 7 nitrogen and oxygen atoms in total. The maximum absolute atomic E-state index is 13.0. The zero-order valence-electron chi connectivity index (χ0n) is 20.5. The molecular formula is C29H33N3O4. The van der Waals surface area contributed by atoms with E-state index in [9.17, 15) is 14.4 Å². The third-order valence-electron chi connectivity index (χ3n) is 8.41. The molecule has 1 aliphatic carbocycles.